The smallest absolute Gasteiger partial charge is 0.225 e. The Kier molecular flexibility index (Phi) is 7.98. The number of carbonyl (C=O) groups is 1. The minimum absolute atomic E-state index is 0. The third-order valence-electron chi connectivity index (χ3n) is 6.34. The zero-order valence-electron chi connectivity index (χ0n) is 19.4. The zero-order chi connectivity index (χ0) is 21.6. The third kappa shape index (κ3) is 6.10. The molecule has 1 N–H and O–H groups in total. The van der Waals surface area contributed by atoms with Crippen LogP contribution in [0.2, 0.25) is 0 Å². The lowest BCUT2D eigenvalue weighted by molar-refractivity contribution is -0.129. The first-order valence-corrected chi connectivity index (χ1v) is 11.8. The van der Waals surface area contributed by atoms with Gasteiger partial charge in [-0.15, -0.1) is 0 Å². The molecular formula is C24H42N4O2. The summed E-state index contributed by atoms with van der Waals surface area (Å²) in [5.41, 5.74) is 1.06. The molecule has 0 bridgehead atoms. The molecule has 3 heterocycles. The largest absolute Gasteiger partial charge is 0.493 e. The first-order valence-electron chi connectivity index (χ1n) is 11.8. The maximum Gasteiger partial charge on any atom is 0.225 e. The van der Waals surface area contributed by atoms with E-state index in [1.807, 2.05) is 33.0 Å². The fourth-order valence-electron chi connectivity index (χ4n) is 4.29. The number of fused-ring (bicyclic) bond motifs is 1. The molecule has 0 radical (unpaired) electrons. The molecule has 1 aromatic heterocycles. The van der Waals surface area contributed by atoms with Crippen molar-refractivity contribution >= 4 is 11.7 Å². The predicted octanol–water partition coefficient (Wildman–Crippen LogP) is 3.89. The van der Waals surface area contributed by atoms with Crippen LogP contribution < -0.4 is 15.0 Å². The normalized spacial score (nSPS) is 20.1. The number of pyridine rings is 1. The monoisotopic (exact) mass is 418 g/mol. The highest BCUT2D eigenvalue weighted by molar-refractivity contribution is 5.81. The van der Waals surface area contributed by atoms with Gasteiger partial charge in [-0.1, -0.05) is 47.0 Å². The first kappa shape index (κ1) is 22.9. The lowest BCUT2D eigenvalue weighted by atomic mass is 9.91. The molecule has 30 heavy (non-hydrogen) atoms. The lowest BCUT2D eigenvalue weighted by Crippen LogP contribution is -2.46. The van der Waals surface area contributed by atoms with E-state index >= 15 is 0 Å². The van der Waals surface area contributed by atoms with E-state index in [-0.39, 0.29) is 12.7 Å². The van der Waals surface area contributed by atoms with Gasteiger partial charge >= 0.3 is 0 Å². The van der Waals surface area contributed by atoms with Gasteiger partial charge in [-0.25, -0.2) is 4.98 Å². The minimum Gasteiger partial charge on any atom is -0.493 e. The summed E-state index contributed by atoms with van der Waals surface area (Å²) in [6, 6.07) is 2.43. The summed E-state index contributed by atoms with van der Waals surface area (Å²) in [6.45, 7) is 14.5. The molecule has 3 aliphatic rings. The predicted molar refractivity (Wildman–Crippen MR) is 124 cm³/mol. The summed E-state index contributed by atoms with van der Waals surface area (Å²) in [5.74, 6) is 2.38. The standard InChI is InChI=1S/C13H19N3O.C11H21NO.H2/c1-2-15-6-8-16(9-7-15)13-11-4-10-17-12(11)3-5-14-13;1-11(2,3)10(13)12-9-7-5-4-6-8-9;/h3,5H,2,4,6-10H2,1H3;9H,4-8H2,1-3H3,(H,12,13);1H. The Hall–Kier alpha value is -1.82. The molecule has 170 valence electrons. The van der Waals surface area contributed by atoms with Gasteiger partial charge in [0.1, 0.15) is 11.6 Å². The van der Waals surface area contributed by atoms with Crippen LogP contribution in [0.1, 0.15) is 66.8 Å². The SMILES string of the molecule is CC(C)(C)C(=O)NC1CCCCC1.CCN1CCN(c2nccc3c2CCO3)CC1.[HH]. The van der Waals surface area contributed by atoms with Crippen molar-refractivity contribution in [1.29, 1.82) is 0 Å². The number of nitrogens with zero attached hydrogens (tertiary/aromatic N) is 3. The topological polar surface area (TPSA) is 57.7 Å². The highest BCUT2D eigenvalue weighted by Crippen LogP contribution is 2.32. The highest BCUT2D eigenvalue weighted by atomic mass is 16.5. The minimum atomic E-state index is -0.239. The van der Waals surface area contributed by atoms with Crippen molar-refractivity contribution in [2.45, 2.75) is 72.3 Å². The van der Waals surface area contributed by atoms with Gasteiger partial charge < -0.3 is 19.9 Å². The average molecular weight is 419 g/mol. The van der Waals surface area contributed by atoms with Crippen LogP contribution in [-0.4, -0.2) is 61.2 Å². The molecule has 4 rings (SSSR count). The quantitative estimate of drug-likeness (QED) is 0.807. The Balaban J connectivity index is 0.000000222. The Bertz CT molecular complexity index is 693. The van der Waals surface area contributed by atoms with Crippen molar-refractivity contribution in [3.8, 4) is 5.75 Å². The number of ether oxygens (including phenoxy) is 1. The van der Waals surface area contributed by atoms with Crippen molar-refractivity contribution in [1.82, 2.24) is 15.2 Å². The number of aromatic nitrogens is 1. The van der Waals surface area contributed by atoms with Gasteiger partial charge in [0.05, 0.1) is 6.61 Å². The van der Waals surface area contributed by atoms with Gasteiger partial charge in [0.25, 0.3) is 0 Å². The van der Waals surface area contributed by atoms with Gasteiger partial charge in [0.15, 0.2) is 0 Å². The maximum atomic E-state index is 11.6. The fraction of sp³-hybridized carbons (Fsp3) is 0.750. The van der Waals surface area contributed by atoms with Crippen LogP contribution >= 0.6 is 0 Å². The molecule has 1 aromatic rings. The van der Waals surface area contributed by atoms with Gasteiger partial charge in [-0.05, 0) is 25.5 Å². The molecule has 1 saturated carbocycles. The summed E-state index contributed by atoms with van der Waals surface area (Å²) in [7, 11) is 0. The van der Waals surface area contributed by atoms with E-state index in [1.165, 1.54) is 37.7 Å². The van der Waals surface area contributed by atoms with Crippen LogP contribution in [0.4, 0.5) is 5.82 Å². The molecule has 0 unspecified atom stereocenters. The summed E-state index contributed by atoms with van der Waals surface area (Å²) < 4.78 is 5.60. The van der Waals surface area contributed by atoms with Gasteiger partial charge in [0.2, 0.25) is 5.91 Å². The number of nitrogens with one attached hydrogen (secondary N) is 1. The highest BCUT2D eigenvalue weighted by Gasteiger charge is 2.25. The second-order valence-electron chi connectivity index (χ2n) is 9.69. The molecule has 2 fully saturated rings. The summed E-state index contributed by atoms with van der Waals surface area (Å²) in [5, 5.41) is 3.12. The number of amides is 1. The van der Waals surface area contributed by atoms with Crippen LogP contribution in [0, 0.1) is 5.41 Å². The molecule has 0 spiro atoms. The molecule has 6 heteroatoms. The fourth-order valence-corrected chi connectivity index (χ4v) is 4.29. The van der Waals surface area contributed by atoms with Crippen LogP contribution in [0.5, 0.6) is 5.75 Å². The van der Waals surface area contributed by atoms with E-state index in [9.17, 15) is 4.79 Å². The Labute approximate surface area is 183 Å². The van der Waals surface area contributed by atoms with Gasteiger partial charge in [-0.2, -0.15) is 0 Å². The number of hydrogen-bond acceptors (Lipinski definition) is 5. The molecule has 0 aromatic carbocycles. The van der Waals surface area contributed by atoms with E-state index in [1.54, 1.807) is 0 Å². The van der Waals surface area contributed by atoms with E-state index in [2.05, 4.69) is 27.0 Å². The van der Waals surface area contributed by atoms with Crippen molar-refractivity contribution < 1.29 is 11.0 Å². The van der Waals surface area contributed by atoms with Gasteiger partial charge in [0, 0.05) is 57.2 Å². The summed E-state index contributed by atoms with van der Waals surface area (Å²) in [4.78, 5) is 21.1. The molecule has 2 aliphatic heterocycles. The summed E-state index contributed by atoms with van der Waals surface area (Å²) in [6.07, 6.45) is 9.09. The zero-order valence-corrected chi connectivity index (χ0v) is 19.4. The summed E-state index contributed by atoms with van der Waals surface area (Å²) >= 11 is 0. The first-order chi connectivity index (χ1) is 14.4. The van der Waals surface area contributed by atoms with E-state index < -0.39 is 0 Å². The van der Waals surface area contributed by atoms with E-state index in [0.29, 0.717) is 6.04 Å². The van der Waals surface area contributed by atoms with Crippen molar-refractivity contribution in [3.63, 3.8) is 0 Å². The van der Waals surface area contributed by atoms with Crippen molar-refractivity contribution in [2.75, 3.05) is 44.2 Å². The molecule has 0 atom stereocenters. The van der Waals surface area contributed by atoms with Gasteiger partial charge in [-0.3, -0.25) is 4.79 Å². The number of carbonyl (C=O) groups excluding carboxylic acids is 1. The second kappa shape index (κ2) is 10.5. The Morgan fingerprint density at radius 3 is 2.53 bits per heavy atom. The van der Waals surface area contributed by atoms with Crippen molar-refractivity contribution in [2.24, 2.45) is 5.41 Å². The van der Waals surface area contributed by atoms with E-state index in [4.69, 9.17) is 4.74 Å². The number of rotatable bonds is 3. The van der Waals surface area contributed by atoms with E-state index in [0.717, 1.165) is 57.3 Å². The van der Waals surface area contributed by atoms with Crippen molar-refractivity contribution in [3.05, 3.63) is 17.8 Å². The Morgan fingerprint density at radius 1 is 1.20 bits per heavy atom. The van der Waals surface area contributed by atoms with Crippen LogP contribution in [0.25, 0.3) is 0 Å². The lowest BCUT2D eigenvalue weighted by Gasteiger charge is -2.35. The maximum absolute atomic E-state index is 11.6. The molecule has 6 nitrogen and oxygen atoms in total. The number of anilines is 1. The molecular weight excluding hydrogens is 376 g/mol. The number of piperazine rings is 1. The molecule has 1 saturated heterocycles. The Morgan fingerprint density at radius 2 is 1.90 bits per heavy atom. The van der Waals surface area contributed by atoms with Crippen LogP contribution in [0.3, 0.4) is 0 Å². The average Bonchev–Trinajstić information content (AvgIpc) is 3.23. The third-order valence-corrected chi connectivity index (χ3v) is 6.34. The number of likely N-dealkylation sites (N-methyl/N-ethyl adjacent to an activating group) is 1. The molecule has 1 aliphatic carbocycles. The number of hydrogen-bond donors (Lipinski definition) is 1. The van der Waals surface area contributed by atoms with Crippen LogP contribution in [0.15, 0.2) is 12.3 Å². The molecule has 1 amide bonds. The second-order valence-corrected chi connectivity index (χ2v) is 9.69. The van der Waals surface area contributed by atoms with Crippen LogP contribution in [-0.2, 0) is 11.2 Å².